The van der Waals surface area contributed by atoms with E-state index in [9.17, 15) is 9.59 Å². The number of fused-ring (bicyclic) bond motifs is 1. The highest BCUT2D eigenvalue weighted by Gasteiger charge is 2.20. The van der Waals surface area contributed by atoms with Crippen LogP contribution in [0.5, 0.6) is 11.5 Å². The molecule has 0 saturated heterocycles. The molecule has 0 unspecified atom stereocenters. The van der Waals surface area contributed by atoms with Crippen LogP contribution in [0.15, 0.2) is 42.5 Å². The van der Waals surface area contributed by atoms with Gasteiger partial charge in [0.25, 0.3) is 5.91 Å². The summed E-state index contributed by atoms with van der Waals surface area (Å²) in [6.45, 7) is 3.09. The highest BCUT2D eigenvalue weighted by atomic mass is 16.5. The van der Waals surface area contributed by atoms with Gasteiger partial charge in [-0.05, 0) is 41.8 Å². The molecular formula is C21H24N2O4. The van der Waals surface area contributed by atoms with Crippen molar-refractivity contribution in [1.29, 1.82) is 0 Å². The highest BCUT2D eigenvalue weighted by Crippen LogP contribution is 2.26. The second kappa shape index (κ2) is 8.58. The number of methoxy groups -OCH3 is 1. The van der Waals surface area contributed by atoms with Crippen LogP contribution in [0, 0.1) is 0 Å². The number of carbonyl (C=O) groups is 2. The number of benzene rings is 2. The van der Waals surface area contributed by atoms with Gasteiger partial charge in [-0.2, -0.15) is 0 Å². The summed E-state index contributed by atoms with van der Waals surface area (Å²) in [6.07, 6.45) is 1.35. The third-order valence-corrected chi connectivity index (χ3v) is 4.59. The first-order valence-electron chi connectivity index (χ1n) is 9.06. The molecule has 0 aromatic heterocycles. The maximum absolute atomic E-state index is 12.2. The van der Waals surface area contributed by atoms with E-state index in [4.69, 9.17) is 9.47 Å². The van der Waals surface area contributed by atoms with E-state index in [1.165, 1.54) is 5.56 Å². The molecule has 0 bridgehead atoms. The molecule has 142 valence electrons. The van der Waals surface area contributed by atoms with Crippen LogP contribution < -0.4 is 14.8 Å². The summed E-state index contributed by atoms with van der Waals surface area (Å²) in [5.41, 5.74) is 3.00. The van der Waals surface area contributed by atoms with E-state index < -0.39 is 0 Å². The molecule has 1 N–H and O–H groups in total. The summed E-state index contributed by atoms with van der Waals surface area (Å²) in [5.74, 6) is 1.01. The normalized spacial score (nSPS) is 12.9. The zero-order valence-electron chi connectivity index (χ0n) is 15.7. The monoisotopic (exact) mass is 368 g/mol. The van der Waals surface area contributed by atoms with E-state index in [2.05, 4.69) is 5.32 Å². The van der Waals surface area contributed by atoms with Gasteiger partial charge in [0.2, 0.25) is 5.91 Å². The number of ether oxygens (including phenoxy) is 2. The Morgan fingerprint density at radius 2 is 1.89 bits per heavy atom. The zero-order chi connectivity index (χ0) is 19.2. The molecule has 0 saturated carbocycles. The second-order valence-electron chi connectivity index (χ2n) is 6.39. The quantitative estimate of drug-likeness (QED) is 0.851. The number of rotatable bonds is 6. The summed E-state index contributed by atoms with van der Waals surface area (Å²) in [5, 5.41) is 2.85. The third-order valence-electron chi connectivity index (χ3n) is 4.59. The van der Waals surface area contributed by atoms with Crippen molar-refractivity contribution in [1.82, 2.24) is 4.90 Å². The van der Waals surface area contributed by atoms with Crippen LogP contribution in [0.1, 0.15) is 24.5 Å². The first-order valence-corrected chi connectivity index (χ1v) is 9.06. The largest absolute Gasteiger partial charge is 0.493 e. The molecule has 0 fully saturated rings. The minimum Gasteiger partial charge on any atom is -0.493 e. The van der Waals surface area contributed by atoms with Gasteiger partial charge in [-0.25, -0.2) is 0 Å². The van der Waals surface area contributed by atoms with Crippen molar-refractivity contribution in [2.24, 2.45) is 0 Å². The van der Waals surface area contributed by atoms with Crippen LogP contribution in [0.4, 0.5) is 5.69 Å². The summed E-state index contributed by atoms with van der Waals surface area (Å²) >= 11 is 0. The molecule has 0 aliphatic carbocycles. The predicted molar refractivity (Wildman–Crippen MR) is 103 cm³/mol. The third kappa shape index (κ3) is 4.58. The van der Waals surface area contributed by atoms with E-state index in [-0.39, 0.29) is 18.4 Å². The number of hydrogen-bond acceptors (Lipinski definition) is 4. The summed E-state index contributed by atoms with van der Waals surface area (Å²) in [4.78, 5) is 26.0. The van der Waals surface area contributed by atoms with Crippen molar-refractivity contribution in [3.8, 4) is 11.5 Å². The van der Waals surface area contributed by atoms with E-state index in [0.717, 1.165) is 18.5 Å². The maximum atomic E-state index is 12.2. The number of carbonyl (C=O) groups excluding carboxylic acids is 2. The van der Waals surface area contributed by atoms with Gasteiger partial charge in [0.15, 0.2) is 18.1 Å². The fourth-order valence-electron chi connectivity index (χ4n) is 3.15. The number of nitrogens with zero attached hydrogens (tertiary/aromatic N) is 1. The van der Waals surface area contributed by atoms with Gasteiger partial charge in [-0.15, -0.1) is 0 Å². The predicted octanol–water partition coefficient (Wildman–Crippen LogP) is 3.01. The Labute approximate surface area is 159 Å². The molecule has 1 heterocycles. The van der Waals surface area contributed by atoms with Gasteiger partial charge in [0, 0.05) is 25.2 Å². The van der Waals surface area contributed by atoms with Gasteiger partial charge in [0.05, 0.1) is 7.11 Å². The molecule has 27 heavy (non-hydrogen) atoms. The first-order chi connectivity index (χ1) is 13.1. The van der Waals surface area contributed by atoms with Crippen LogP contribution in [0.3, 0.4) is 0 Å². The average molecular weight is 368 g/mol. The lowest BCUT2D eigenvalue weighted by molar-refractivity contribution is -0.131. The van der Waals surface area contributed by atoms with Gasteiger partial charge < -0.3 is 19.7 Å². The Morgan fingerprint density at radius 1 is 1.11 bits per heavy atom. The van der Waals surface area contributed by atoms with E-state index in [0.29, 0.717) is 30.2 Å². The standard InChI is InChI=1S/C21H24N2O4/c1-3-21(25)23-11-10-15-8-9-17(12-16(15)13-23)22-20(24)14-27-19-7-5-4-6-18(19)26-2/h4-9,12H,3,10-11,13-14H2,1-2H3,(H,22,24). The van der Waals surface area contributed by atoms with Gasteiger partial charge in [0.1, 0.15) is 0 Å². The van der Waals surface area contributed by atoms with Crippen molar-refractivity contribution < 1.29 is 19.1 Å². The van der Waals surface area contributed by atoms with Gasteiger partial charge >= 0.3 is 0 Å². The fourth-order valence-corrected chi connectivity index (χ4v) is 3.15. The maximum Gasteiger partial charge on any atom is 0.262 e. The van der Waals surface area contributed by atoms with Crippen LogP contribution in [-0.2, 0) is 22.6 Å². The summed E-state index contributed by atoms with van der Waals surface area (Å²) in [6, 6.07) is 13.0. The van der Waals surface area contributed by atoms with Crippen molar-refractivity contribution in [3.05, 3.63) is 53.6 Å². The van der Waals surface area contributed by atoms with E-state index >= 15 is 0 Å². The molecule has 6 nitrogen and oxygen atoms in total. The Kier molecular flexibility index (Phi) is 5.96. The lowest BCUT2D eigenvalue weighted by atomic mass is 9.99. The Bertz CT molecular complexity index is 835. The van der Waals surface area contributed by atoms with Crippen LogP contribution >= 0.6 is 0 Å². The fraction of sp³-hybridized carbons (Fsp3) is 0.333. The molecule has 2 aromatic rings. The average Bonchev–Trinajstić information content (AvgIpc) is 2.71. The Balaban J connectivity index is 1.61. The topological polar surface area (TPSA) is 67.9 Å². The number of amides is 2. The number of nitrogens with one attached hydrogen (secondary N) is 1. The van der Waals surface area contributed by atoms with Crippen LogP contribution in [0.2, 0.25) is 0 Å². The zero-order valence-corrected chi connectivity index (χ0v) is 15.7. The molecule has 6 heteroatoms. The second-order valence-corrected chi connectivity index (χ2v) is 6.39. The SMILES string of the molecule is CCC(=O)N1CCc2ccc(NC(=O)COc3ccccc3OC)cc2C1. The number of anilines is 1. The molecule has 2 amide bonds. The number of hydrogen-bond donors (Lipinski definition) is 1. The lowest BCUT2D eigenvalue weighted by Crippen LogP contribution is -2.35. The van der Waals surface area contributed by atoms with E-state index in [1.54, 1.807) is 19.2 Å². The van der Waals surface area contributed by atoms with Crippen LogP contribution in [0.25, 0.3) is 0 Å². The molecule has 0 spiro atoms. The highest BCUT2D eigenvalue weighted by molar-refractivity contribution is 5.92. The summed E-state index contributed by atoms with van der Waals surface area (Å²) in [7, 11) is 1.56. The van der Waals surface area contributed by atoms with E-state index in [1.807, 2.05) is 42.2 Å². The molecule has 1 aliphatic heterocycles. The minimum absolute atomic E-state index is 0.113. The van der Waals surface area contributed by atoms with Crippen molar-refractivity contribution in [2.45, 2.75) is 26.3 Å². The molecular weight excluding hydrogens is 344 g/mol. The molecule has 0 radical (unpaired) electrons. The first kappa shape index (κ1) is 18.8. The molecule has 3 rings (SSSR count). The Hall–Kier alpha value is -3.02. The Morgan fingerprint density at radius 3 is 2.63 bits per heavy atom. The van der Waals surface area contributed by atoms with Crippen molar-refractivity contribution in [2.75, 3.05) is 25.6 Å². The van der Waals surface area contributed by atoms with Gasteiger partial charge in [-0.1, -0.05) is 25.1 Å². The minimum atomic E-state index is -0.252. The molecule has 1 aliphatic rings. The van der Waals surface area contributed by atoms with Gasteiger partial charge in [-0.3, -0.25) is 9.59 Å². The van der Waals surface area contributed by atoms with Crippen molar-refractivity contribution in [3.63, 3.8) is 0 Å². The lowest BCUT2D eigenvalue weighted by Gasteiger charge is -2.29. The van der Waals surface area contributed by atoms with Crippen LogP contribution in [-0.4, -0.2) is 37.0 Å². The molecule has 2 aromatic carbocycles. The smallest absolute Gasteiger partial charge is 0.262 e. The summed E-state index contributed by atoms with van der Waals surface area (Å²) < 4.78 is 10.8. The molecule has 0 atom stereocenters. The van der Waals surface area contributed by atoms with Crippen molar-refractivity contribution >= 4 is 17.5 Å². The number of para-hydroxylation sites is 2.